The van der Waals surface area contributed by atoms with E-state index in [1.165, 1.54) is 0 Å². The second-order valence-electron chi connectivity index (χ2n) is 5.17. The van der Waals surface area contributed by atoms with E-state index < -0.39 is 5.41 Å². The maximum Gasteiger partial charge on any atom is 0.234 e. The van der Waals surface area contributed by atoms with Crippen molar-refractivity contribution in [3.63, 3.8) is 0 Å². The smallest absolute Gasteiger partial charge is 0.234 e. The summed E-state index contributed by atoms with van der Waals surface area (Å²) in [5.41, 5.74) is 2.43. The van der Waals surface area contributed by atoms with Crippen molar-refractivity contribution in [2.24, 2.45) is 5.41 Å². The number of carbonyl (C=O) groups excluding carboxylic acids is 1. The Morgan fingerprint density at radius 1 is 1.41 bits per heavy atom. The van der Waals surface area contributed by atoms with Crippen LogP contribution >= 0.6 is 11.6 Å². The average Bonchev–Trinajstić information content (AvgIpc) is 2.36. The number of carbonyl (C=O) groups is 1. The zero-order valence-corrected chi connectivity index (χ0v) is 11.4. The van der Waals surface area contributed by atoms with Crippen molar-refractivity contribution >= 4 is 28.9 Å². The molecule has 4 heteroatoms. The molecule has 92 valence electrons. The molecule has 0 radical (unpaired) electrons. The summed E-state index contributed by atoms with van der Waals surface area (Å²) >= 11 is 6.11. The third-order valence-corrected chi connectivity index (χ3v) is 3.74. The lowest BCUT2D eigenvalue weighted by molar-refractivity contribution is -0.125. The van der Waals surface area contributed by atoms with E-state index in [0.29, 0.717) is 6.54 Å². The highest BCUT2D eigenvalue weighted by Gasteiger charge is 2.35. The van der Waals surface area contributed by atoms with Crippen LogP contribution in [0.3, 0.4) is 0 Å². The predicted octanol–water partition coefficient (Wildman–Crippen LogP) is 3.06. The van der Waals surface area contributed by atoms with Crippen LogP contribution in [0.15, 0.2) is 12.1 Å². The quantitative estimate of drug-likeness (QED) is 0.770. The summed E-state index contributed by atoms with van der Waals surface area (Å²) in [6.07, 6.45) is 0. The molecular weight excluding hydrogens is 236 g/mol. The molecule has 0 saturated heterocycles. The van der Waals surface area contributed by atoms with Gasteiger partial charge in [0.2, 0.25) is 5.91 Å². The normalized spacial score (nSPS) is 18.4. The minimum atomic E-state index is -0.410. The van der Waals surface area contributed by atoms with Crippen molar-refractivity contribution in [3.05, 3.63) is 22.7 Å². The fraction of sp³-hybridized carbons (Fsp3) is 0.462. The molecule has 1 aliphatic heterocycles. The number of rotatable bonds is 0. The van der Waals surface area contributed by atoms with Gasteiger partial charge in [0, 0.05) is 18.6 Å². The van der Waals surface area contributed by atoms with E-state index in [1.54, 1.807) is 4.90 Å². The molecule has 0 aromatic heterocycles. The van der Waals surface area contributed by atoms with Crippen LogP contribution in [-0.4, -0.2) is 19.5 Å². The molecule has 1 heterocycles. The van der Waals surface area contributed by atoms with Gasteiger partial charge in [0.05, 0.1) is 16.8 Å². The molecule has 1 N–H and O–H groups in total. The van der Waals surface area contributed by atoms with Gasteiger partial charge in [-0.1, -0.05) is 11.6 Å². The van der Waals surface area contributed by atoms with Crippen molar-refractivity contribution in [2.45, 2.75) is 20.8 Å². The highest BCUT2D eigenvalue weighted by Crippen LogP contribution is 2.38. The largest absolute Gasteiger partial charge is 0.382 e. The number of benzene rings is 1. The first-order valence-corrected chi connectivity index (χ1v) is 6.03. The van der Waals surface area contributed by atoms with E-state index >= 15 is 0 Å². The first-order chi connectivity index (χ1) is 7.84. The molecule has 0 aliphatic carbocycles. The fourth-order valence-electron chi connectivity index (χ4n) is 2.12. The van der Waals surface area contributed by atoms with E-state index in [-0.39, 0.29) is 5.91 Å². The minimum Gasteiger partial charge on any atom is -0.382 e. The van der Waals surface area contributed by atoms with Crippen molar-refractivity contribution in [3.8, 4) is 0 Å². The van der Waals surface area contributed by atoms with Gasteiger partial charge >= 0.3 is 0 Å². The molecule has 1 aromatic rings. The van der Waals surface area contributed by atoms with Crippen LogP contribution in [0.4, 0.5) is 11.4 Å². The minimum absolute atomic E-state index is 0.116. The lowest BCUT2D eigenvalue weighted by Crippen LogP contribution is -2.40. The highest BCUT2D eigenvalue weighted by atomic mass is 35.5. The second kappa shape index (κ2) is 3.91. The van der Waals surface area contributed by atoms with Crippen molar-refractivity contribution < 1.29 is 4.79 Å². The van der Waals surface area contributed by atoms with Crippen LogP contribution in [0.1, 0.15) is 19.4 Å². The van der Waals surface area contributed by atoms with Gasteiger partial charge < -0.3 is 10.2 Å². The Kier molecular flexibility index (Phi) is 2.82. The Labute approximate surface area is 107 Å². The van der Waals surface area contributed by atoms with Gasteiger partial charge in [-0.05, 0) is 38.5 Å². The van der Waals surface area contributed by atoms with Gasteiger partial charge in [-0.25, -0.2) is 0 Å². The molecule has 0 atom stereocenters. The van der Waals surface area contributed by atoms with Crippen LogP contribution in [0.2, 0.25) is 5.02 Å². The molecular formula is C13H17ClN2O. The predicted molar refractivity (Wildman–Crippen MR) is 71.9 cm³/mol. The Morgan fingerprint density at radius 2 is 2.06 bits per heavy atom. The first-order valence-electron chi connectivity index (χ1n) is 5.66. The molecule has 1 amide bonds. The van der Waals surface area contributed by atoms with E-state index in [2.05, 4.69) is 5.32 Å². The first kappa shape index (κ1) is 12.2. The van der Waals surface area contributed by atoms with Crippen LogP contribution in [0, 0.1) is 12.3 Å². The average molecular weight is 253 g/mol. The zero-order chi connectivity index (χ0) is 12.8. The number of amides is 1. The molecule has 1 aromatic carbocycles. The number of nitrogens with zero attached hydrogens (tertiary/aromatic N) is 1. The summed E-state index contributed by atoms with van der Waals surface area (Å²) in [5, 5.41) is 4.06. The number of fused-ring (bicyclic) bond motifs is 1. The maximum absolute atomic E-state index is 12.3. The third kappa shape index (κ3) is 1.89. The zero-order valence-electron chi connectivity index (χ0n) is 10.6. The lowest BCUT2D eigenvalue weighted by Gasteiger charge is -2.25. The van der Waals surface area contributed by atoms with E-state index in [0.717, 1.165) is 22.0 Å². The monoisotopic (exact) mass is 252 g/mol. The van der Waals surface area contributed by atoms with Crippen LogP contribution in [0.25, 0.3) is 0 Å². The molecule has 0 saturated carbocycles. The Morgan fingerprint density at radius 3 is 2.71 bits per heavy atom. The van der Waals surface area contributed by atoms with Crippen LogP contribution in [0.5, 0.6) is 0 Å². The Hall–Kier alpha value is -1.22. The SMILES string of the molecule is Cc1c(Cl)ccc2c1NCC(C)(C)C(=O)N2C. The van der Waals surface area contributed by atoms with E-state index in [4.69, 9.17) is 11.6 Å². The summed E-state index contributed by atoms with van der Waals surface area (Å²) < 4.78 is 0. The summed E-state index contributed by atoms with van der Waals surface area (Å²) in [5.74, 6) is 0.116. The number of hydrogen-bond donors (Lipinski definition) is 1. The number of hydrogen-bond acceptors (Lipinski definition) is 2. The lowest BCUT2D eigenvalue weighted by atomic mass is 9.92. The molecule has 0 bridgehead atoms. The van der Waals surface area contributed by atoms with E-state index in [1.807, 2.05) is 40.0 Å². The number of anilines is 2. The Bertz CT molecular complexity index is 483. The second-order valence-corrected chi connectivity index (χ2v) is 5.58. The van der Waals surface area contributed by atoms with Gasteiger partial charge in [-0.15, -0.1) is 0 Å². The van der Waals surface area contributed by atoms with Crippen LogP contribution in [-0.2, 0) is 4.79 Å². The van der Waals surface area contributed by atoms with E-state index in [9.17, 15) is 4.79 Å². The van der Waals surface area contributed by atoms with Crippen molar-refractivity contribution in [2.75, 3.05) is 23.8 Å². The van der Waals surface area contributed by atoms with Gasteiger partial charge in [-0.3, -0.25) is 4.79 Å². The molecule has 3 nitrogen and oxygen atoms in total. The van der Waals surface area contributed by atoms with Gasteiger partial charge in [0.15, 0.2) is 0 Å². The van der Waals surface area contributed by atoms with Crippen molar-refractivity contribution in [1.29, 1.82) is 0 Å². The van der Waals surface area contributed by atoms with Gasteiger partial charge in [-0.2, -0.15) is 0 Å². The molecule has 0 unspecified atom stereocenters. The summed E-state index contributed by atoms with van der Waals surface area (Å²) in [6, 6.07) is 3.72. The van der Waals surface area contributed by atoms with Crippen LogP contribution < -0.4 is 10.2 Å². The highest BCUT2D eigenvalue weighted by molar-refractivity contribution is 6.32. The Balaban J connectivity index is 2.58. The summed E-state index contributed by atoms with van der Waals surface area (Å²) in [7, 11) is 1.81. The maximum atomic E-state index is 12.3. The molecule has 0 spiro atoms. The molecule has 2 rings (SSSR count). The summed E-state index contributed by atoms with van der Waals surface area (Å²) in [4.78, 5) is 14.0. The molecule has 0 fully saturated rings. The number of nitrogens with one attached hydrogen (secondary N) is 1. The fourth-order valence-corrected chi connectivity index (χ4v) is 2.28. The van der Waals surface area contributed by atoms with Gasteiger partial charge in [0.1, 0.15) is 0 Å². The number of halogens is 1. The third-order valence-electron chi connectivity index (χ3n) is 3.33. The topological polar surface area (TPSA) is 32.3 Å². The molecule has 1 aliphatic rings. The standard InChI is InChI=1S/C13H17ClN2O/c1-8-9(14)5-6-10-11(8)15-7-13(2,3)12(17)16(10)4/h5-6,15H,7H2,1-4H3. The van der Waals surface area contributed by atoms with Gasteiger partial charge in [0.25, 0.3) is 0 Å². The molecule has 17 heavy (non-hydrogen) atoms. The van der Waals surface area contributed by atoms with Crippen molar-refractivity contribution in [1.82, 2.24) is 0 Å². The summed E-state index contributed by atoms with van der Waals surface area (Å²) in [6.45, 7) is 6.47.